The van der Waals surface area contributed by atoms with Gasteiger partial charge >= 0.3 is 13.3 Å². The summed E-state index contributed by atoms with van der Waals surface area (Å²) in [5, 5.41) is 1.00. The van der Waals surface area contributed by atoms with E-state index in [-0.39, 0.29) is 5.56 Å². The zero-order valence-corrected chi connectivity index (χ0v) is 19.7. The molecule has 0 aliphatic carbocycles. The van der Waals surface area contributed by atoms with Crippen molar-refractivity contribution in [2.45, 2.75) is 30.0 Å². The Hall–Kier alpha value is -1.57. The number of aromatic nitrogens is 1. The highest BCUT2D eigenvalue weighted by molar-refractivity contribution is 9.10. The molecule has 0 radical (unpaired) electrons. The fraction of sp³-hybridized carbons (Fsp3) is 0.227. The van der Waals surface area contributed by atoms with Crippen molar-refractivity contribution in [1.82, 2.24) is 4.98 Å². The Morgan fingerprint density at radius 1 is 1.00 bits per heavy atom. The minimum absolute atomic E-state index is 0.0843. The lowest BCUT2D eigenvalue weighted by atomic mass is 9.97. The fourth-order valence-electron chi connectivity index (χ4n) is 3.11. The van der Waals surface area contributed by atoms with Gasteiger partial charge in [-0.05, 0) is 59.9 Å². The average Bonchev–Trinajstić information content (AvgIpc) is 2.73. The van der Waals surface area contributed by atoms with Crippen LogP contribution in [-0.2, 0) is 16.6 Å². The van der Waals surface area contributed by atoms with Crippen LogP contribution >= 0.6 is 35.3 Å². The molecule has 0 atom stereocenters. The number of pyridine rings is 1. The maximum atomic E-state index is 14.4. The van der Waals surface area contributed by atoms with Gasteiger partial charge in [0.1, 0.15) is 0 Å². The molecule has 0 saturated carbocycles. The van der Waals surface area contributed by atoms with Crippen molar-refractivity contribution < 1.29 is 23.1 Å². The van der Waals surface area contributed by atoms with Crippen LogP contribution in [0.5, 0.6) is 0 Å². The summed E-state index contributed by atoms with van der Waals surface area (Å²) >= 11 is 5.15. The lowest BCUT2D eigenvalue weighted by Crippen LogP contribution is -2.15. The summed E-state index contributed by atoms with van der Waals surface area (Å²) in [6, 6.07) is 16.7. The Morgan fingerprint density at radius 3 is 2.42 bits per heavy atom. The van der Waals surface area contributed by atoms with E-state index in [9.17, 15) is 13.3 Å². The molecule has 0 unspecified atom stereocenters. The first-order valence-corrected chi connectivity index (χ1v) is 12.9. The lowest BCUT2D eigenvalue weighted by molar-refractivity contribution is 0.0570. The third kappa shape index (κ3) is 6.02. The number of unbranched alkanes of at least 4 members (excludes halogenated alkanes) is 1. The molecule has 31 heavy (non-hydrogen) atoms. The van der Waals surface area contributed by atoms with Crippen molar-refractivity contribution in [3.8, 4) is 11.1 Å². The molecule has 1 aromatic heterocycles. The molecule has 0 saturated heterocycles. The van der Waals surface area contributed by atoms with Crippen molar-refractivity contribution >= 4 is 35.3 Å². The van der Waals surface area contributed by atoms with Crippen LogP contribution in [0.25, 0.3) is 11.1 Å². The zero-order chi connectivity index (χ0) is 22.5. The van der Waals surface area contributed by atoms with Gasteiger partial charge in [-0.3, -0.25) is 4.57 Å². The van der Waals surface area contributed by atoms with Gasteiger partial charge in [-0.1, -0.05) is 58.4 Å². The maximum absolute atomic E-state index is 14.4. The smallest absolute Gasteiger partial charge is 0.320 e. The molecule has 0 spiro atoms. The number of aryl methyl sites for hydroxylation is 1. The second-order valence-corrected chi connectivity index (χ2v) is 10.5. The van der Waals surface area contributed by atoms with E-state index in [0.717, 1.165) is 41.7 Å². The molecule has 3 rings (SSSR count). The molecule has 4 nitrogen and oxygen atoms in total. The van der Waals surface area contributed by atoms with Crippen molar-refractivity contribution in [3.63, 3.8) is 0 Å². The third-order valence-electron chi connectivity index (χ3n) is 4.69. The Labute approximate surface area is 192 Å². The predicted octanol–water partition coefficient (Wildman–Crippen LogP) is 6.85. The fourth-order valence-corrected chi connectivity index (χ4v) is 5.13. The number of nitrogens with zero attached hydrogens (tertiary/aromatic N) is 1. The summed E-state index contributed by atoms with van der Waals surface area (Å²) in [4.78, 5) is 22.6. The summed E-state index contributed by atoms with van der Waals surface area (Å²) in [6.07, 6.45) is 4.59. The maximum Gasteiger partial charge on any atom is 0.399 e. The van der Waals surface area contributed by atoms with E-state index >= 15 is 0 Å². The van der Waals surface area contributed by atoms with Gasteiger partial charge in [0.25, 0.3) is 0 Å². The molecule has 0 aliphatic heterocycles. The van der Waals surface area contributed by atoms with E-state index in [2.05, 4.69) is 20.9 Å². The molecule has 0 fully saturated rings. The molecule has 1 heterocycles. The molecule has 0 bridgehead atoms. The predicted molar refractivity (Wildman–Crippen MR) is 123 cm³/mol. The number of halogens is 3. The number of hydrogen-bond donors (Lipinski definition) is 2. The first kappa shape index (κ1) is 24.1. The molecule has 2 N–H and O–H groups in total. The summed E-state index contributed by atoms with van der Waals surface area (Å²) in [6.45, 7) is 0. The van der Waals surface area contributed by atoms with Crippen molar-refractivity contribution in [3.05, 3.63) is 82.5 Å². The number of rotatable bonds is 9. The highest BCUT2D eigenvalue weighted by Gasteiger charge is 2.51. The van der Waals surface area contributed by atoms with E-state index < -0.39 is 18.8 Å². The monoisotopic (exact) mass is 527 g/mol. The normalized spacial score (nSPS) is 12.2. The quantitative estimate of drug-likeness (QED) is 0.181. The van der Waals surface area contributed by atoms with E-state index in [4.69, 9.17) is 9.79 Å². The van der Waals surface area contributed by atoms with E-state index in [0.29, 0.717) is 10.0 Å². The molecule has 3 aromatic rings. The zero-order valence-electron chi connectivity index (χ0n) is 16.4. The van der Waals surface area contributed by atoms with Gasteiger partial charge in [-0.15, -0.1) is 11.8 Å². The third-order valence-corrected chi connectivity index (χ3v) is 7.35. The topological polar surface area (TPSA) is 70.4 Å². The van der Waals surface area contributed by atoms with Gasteiger partial charge in [-0.25, -0.2) is 4.98 Å². The van der Waals surface area contributed by atoms with Gasteiger partial charge in [0.15, 0.2) is 0 Å². The van der Waals surface area contributed by atoms with Crippen LogP contribution in [0.2, 0.25) is 0 Å². The number of hydrogen-bond acceptors (Lipinski definition) is 3. The second-order valence-electron chi connectivity index (χ2n) is 6.92. The van der Waals surface area contributed by atoms with E-state index in [1.54, 1.807) is 30.1 Å². The van der Waals surface area contributed by atoms with Crippen LogP contribution < -0.4 is 0 Å². The summed E-state index contributed by atoms with van der Waals surface area (Å²) in [5.74, 6) is 0.959. The SMILES string of the molecule is O=P(O)(O)C(F)(F)c1ccccc1-c1ccc(CCCCSc2ccccn2)cc1Br. The Kier molecular flexibility index (Phi) is 8.05. The van der Waals surface area contributed by atoms with Gasteiger partial charge in [0.2, 0.25) is 0 Å². The van der Waals surface area contributed by atoms with Gasteiger partial charge in [0.05, 0.1) is 5.03 Å². The first-order valence-electron chi connectivity index (χ1n) is 9.56. The lowest BCUT2D eigenvalue weighted by Gasteiger charge is -2.21. The van der Waals surface area contributed by atoms with Crippen LogP contribution in [0, 0.1) is 0 Å². The first-order chi connectivity index (χ1) is 14.7. The average molecular weight is 528 g/mol. The summed E-state index contributed by atoms with van der Waals surface area (Å²) in [7, 11) is -5.66. The standard InChI is InChI=1S/C22H21BrF2NO3PS/c23-20-15-16(7-4-6-14-31-21-10-3-5-13-26-21)11-12-18(20)17-8-1-2-9-19(17)22(24,25)30(27,28)29/h1-3,5,8-13,15H,4,6-7,14H2,(H2,27,28,29). The van der Waals surface area contributed by atoms with Crippen molar-refractivity contribution in [2.75, 3.05) is 5.75 Å². The molecule has 9 heteroatoms. The van der Waals surface area contributed by atoms with Crippen LogP contribution in [-0.4, -0.2) is 20.5 Å². The largest absolute Gasteiger partial charge is 0.399 e. The van der Waals surface area contributed by atoms with Crippen LogP contribution in [0.15, 0.2) is 76.4 Å². The van der Waals surface area contributed by atoms with Crippen LogP contribution in [0.1, 0.15) is 24.0 Å². The number of benzene rings is 2. The Bertz CT molecular complexity index is 1080. The minimum atomic E-state index is -5.66. The minimum Gasteiger partial charge on any atom is -0.320 e. The van der Waals surface area contributed by atoms with Gasteiger partial charge < -0.3 is 9.79 Å². The van der Waals surface area contributed by atoms with Gasteiger partial charge in [0, 0.05) is 16.2 Å². The van der Waals surface area contributed by atoms with E-state index in [1.807, 2.05) is 30.3 Å². The molecule has 164 valence electrons. The molecular weight excluding hydrogens is 507 g/mol. The molecule has 0 aliphatic rings. The molecule has 0 amide bonds. The summed E-state index contributed by atoms with van der Waals surface area (Å²) < 4.78 is 40.8. The Balaban J connectivity index is 1.68. The Morgan fingerprint density at radius 2 is 1.74 bits per heavy atom. The number of thioether (sulfide) groups is 1. The highest BCUT2D eigenvalue weighted by Crippen LogP contribution is 2.60. The molecular formula is C22H21BrF2NO3PS. The van der Waals surface area contributed by atoms with Crippen molar-refractivity contribution in [2.24, 2.45) is 0 Å². The van der Waals surface area contributed by atoms with Crippen LogP contribution in [0.4, 0.5) is 8.78 Å². The van der Waals surface area contributed by atoms with E-state index in [1.165, 1.54) is 12.1 Å². The molecule has 2 aromatic carbocycles. The highest BCUT2D eigenvalue weighted by atomic mass is 79.9. The summed E-state index contributed by atoms with van der Waals surface area (Å²) in [5.41, 5.74) is -3.37. The van der Waals surface area contributed by atoms with Crippen LogP contribution in [0.3, 0.4) is 0 Å². The number of alkyl halides is 2. The second kappa shape index (κ2) is 10.4. The van der Waals surface area contributed by atoms with Crippen molar-refractivity contribution in [1.29, 1.82) is 0 Å². The van der Waals surface area contributed by atoms with Gasteiger partial charge in [-0.2, -0.15) is 8.78 Å².